The normalized spacial score (nSPS) is 12.0. The van der Waals surface area contributed by atoms with Crippen LogP contribution in [0.2, 0.25) is 0 Å². The summed E-state index contributed by atoms with van der Waals surface area (Å²) in [4.78, 5) is 8.39. The van der Waals surface area contributed by atoms with E-state index in [9.17, 15) is 13.2 Å². The lowest BCUT2D eigenvalue weighted by Gasteiger charge is -2.08. The highest BCUT2D eigenvalue weighted by Crippen LogP contribution is 2.33. The van der Waals surface area contributed by atoms with E-state index >= 15 is 0 Å². The molecule has 0 unspecified atom stereocenters. The first-order valence-electron chi connectivity index (χ1n) is 6.48. The largest absolute Gasteiger partial charge is 0.416 e. The number of benzene rings is 1. The third-order valence-corrected chi connectivity index (χ3v) is 3.33. The minimum atomic E-state index is -4.35. The van der Waals surface area contributed by atoms with Gasteiger partial charge in [-0.25, -0.2) is 4.98 Å². The van der Waals surface area contributed by atoms with Gasteiger partial charge in [-0.2, -0.15) is 13.2 Å². The number of aromatic nitrogens is 3. The monoisotopic (exact) mass is 291 g/mol. The molecule has 6 heteroatoms. The van der Waals surface area contributed by atoms with E-state index in [4.69, 9.17) is 0 Å². The van der Waals surface area contributed by atoms with E-state index in [1.54, 1.807) is 29.1 Å². The molecule has 0 saturated heterocycles. The Kier molecular flexibility index (Phi) is 3.16. The van der Waals surface area contributed by atoms with Crippen molar-refractivity contribution in [2.24, 2.45) is 0 Å². The van der Waals surface area contributed by atoms with Crippen LogP contribution in [0.4, 0.5) is 13.2 Å². The Morgan fingerprint density at radius 3 is 2.43 bits per heavy atom. The third kappa shape index (κ3) is 2.37. The molecule has 0 saturated carbocycles. The Morgan fingerprint density at radius 1 is 1.10 bits per heavy atom. The maximum Gasteiger partial charge on any atom is 0.416 e. The van der Waals surface area contributed by atoms with Gasteiger partial charge in [0.15, 0.2) is 0 Å². The molecule has 0 fully saturated rings. The van der Waals surface area contributed by atoms with Crippen LogP contribution < -0.4 is 0 Å². The molecule has 0 aliphatic rings. The summed E-state index contributed by atoms with van der Waals surface area (Å²) in [5.41, 5.74) is 1.21. The van der Waals surface area contributed by atoms with Crippen LogP contribution in [-0.2, 0) is 12.7 Å². The van der Waals surface area contributed by atoms with Crippen LogP contribution in [0.3, 0.4) is 0 Å². The Morgan fingerprint density at radius 2 is 1.81 bits per heavy atom. The predicted molar refractivity (Wildman–Crippen MR) is 73.6 cm³/mol. The number of aryl methyl sites for hydroxylation is 1. The van der Waals surface area contributed by atoms with Crippen molar-refractivity contribution in [2.45, 2.75) is 19.6 Å². The molecular weight excluding hydrogens is 279 g/mol. The highest BCUT2D eigenvalue weighted by atomic mass is 19.4. The molecule has 0 aliphatic carbocycles. The topological polar surface area (TPSA) is 30.7 Å². The van der Waals surface area contributed by atoms with Gasteiger partial charge in [-0.3, -0.25) is 4.98 Å². The van der Waals surface area contributed by atoms with Crippen molar-refractivity contribution in [1.29, 1.82) is 0 Å². The smallest absolute Gasteiger partial charge is 0.324 e. The number of halogens is 3. The van der Waals surface area contributed by atoms with Crippen molar-refractivity contribution in [1.82, 2.24) is 14.5 Å². The minimum absolute atomic E-state index is 0.485. The Labute approximate surface area is 119 Å². The van der Waals surface area contributed by atoms with E-state index in [-0.39, 0.29) is 0 Å². The lowest BCUT2D eigenvalue weighted by molar-refractivity contribution is -0.137. The summed E-state index contributed by atoms with van der Waals surface area (Å²) >= 11 is 0. The Bertz CT molecular complexity index is 776. The summed E-state index contributed by atoms with van der Waals surface area (Å²) in [6, 6.07) is 7.20. The van der Waals surface area contributed by atoms with Gasteiger partial charge in [0.2, 0.25) is 0 Å². The Balaban J connectivity index is 2.24. The molecule has 21 heavy (non-hydrogen) atoms. The van der Waals surface area contributed by atoms with Gasteiger partial charge in [0.25, 0.3) is 0 Å². The van der Waals surface area contributed by atoms with Crippen LogP contribution >= 0.6 is 0 Å². The van der Waals surface area contributed by atoms with Gasteiger partial charge >= 0.3 is 6.18 Å². The molecule has 0 spiro atoms. The van der Waals surface area contributed by atoms with Crippen molar-refractivity contribution in [3.05, 3.63) is 48.3 Å². The average Bonchev–Trinajstić information content (AvgIpc) is 2.84. The average molecular weight is 291 g/mol. The molecule has 3 rings (SSSR count). The number of fused-ring (bicyclic) bond motifs is 1. The second kappa shape index (κ2) is 4.87. The maximum absolute atomic E-state index is 12.8. The fraction of sp³-hybridized carbons (Fsp3) is 0.200. The maximum atomic E-state index is 12.8. The van der Waals surface area contributed by atoms with Crippen LogP contribution in [0.15, 0.2) is 42.7 Å². The molecule has 0 N–H and O–H groups in total. The number of hydrogen-bond acceptors (Lipinski definition) is 2. The van der Waals surface area contributed by atoms with Gasteiger partial charge in [0, 0.05) is 24.5 Å². The molecule has 3 aromatic rings. The van der Waals surface area contributed by atoms with Crippen LogP contribution in [0, 0.1) is 0 Å². The first kappa shape index (κ1) is 13.6. The molecule has 0 aliphatic heterocycles. The second-order valence-corrected chi connectivity index (χ2v) is 4.62. The van der Waals surface area contributed by atoms with Crippen LogP contribution in [0.5, 0.6) is 0 Å². The summed E-state index contributed by atoms with van der Waals surface area (Å²) in [5, 5.41) is 0. The molecule has 108 valence electrons. The van der Waals surface area contributed by atoms with E-state index in [0.717, 1.165) is 17.7 Å². The molecule has 1 aromatic carbocycles. The first-order valence-corrected chi connectivity index (χ1v) is 6.48. The van der Waals surface area contributed by atoms with E-state index in [1.165, 1.54) is 6.07 Å². The van der Waals surface area contributed by atoms with Gasteiger partial charge in [-0.05, 0) is 37.3 Å². The highest BCUT2D eigenvalue weighted by molar-refractivity contribution is 5.81. The van der Waals surface area contributed by atoms with Crippen molar-refractivity contribution >= 4 is 11.0 Å². The van der Waals surface area contributed by atoms with Crippen molar-refractivity contribution < 1.29 is 13.2 Å². The number of pyridine rings is 1. The predicted octanol–water partition coefficient (Wildman–Crippen LogP) is 4.14. The van der Waals surface area contributed by atoms with Crippen molar-refractivity contribution in [3.63, 3.8) is 0 Å². The number of nitrogens with zero attached hydrogens (tertiary/aromatic N) is 3. The quantitative estimate of drug-likeness (QED) is 0.710. The third-order valence-electron chi connectivity index (χ3n) is 3.33. The summed E-state index contributed by atoms with van der Waals surface area (Å²) in [5.74, 6) is 0.647. The van der Waals surface area contributed by atoms with Crippen LogP contribution in [0.25, 0.3) is 22.4 Å². The second-order valence-electron chi connectivity index (χ2n) is 4.62. The van der Waals surface area contributed by atoms with Crippen molar-refractivity contribution in [2.75, 3.05) is 0 Å². The van der Waals surface area contributed by atoms with E-state index in [1.807, 2.05) is 6.92 Å². The zero-order valence-corrected chi connectivity index (χ0v) is 11.2. The summed E-state index contributed by atoms with van der Waals surface area (Å²) in [6.07, 6.45) is -1.08. The first-order chi connectivity index (χ1) is 10.0. The van der Waals surface area contributed by atoms with Crippen LogP contribution in [0.1, 0.15) is 12.5 Å². The zero-order chi connectivity index (χ0) is 15.0. The van der Waals surface area contributed by atoms with Gasteiger partial charge in [-0.1, -0.05) is 0 Å². The standard InChI is InChI=1S/C15H12F3N3/c1-2-21-13-9-11(15(16,17)18)3-4-12(13)20-14(21)10-5-7-19-8-6-10/h3-9H,2H2,1H3. The molecule has 2 heterocycles. The molecular formula is C15H12F3N3. The molecule has 0 amide bonds. The number of hydrogen-bond donors (Lipinski definition) is 0. The van der Waals surface area contributed by atoms with E-state index < -0.39 is 11.7 Å². The molecule has 0 atom stereocenters. The molecule has 0 radical (unpaired) electrons. The number of alkyl halides is 3. The summed E-state index contributed by atoms with van der Waals surface area (Å²) < 4.78 is 40.3. The number of imidazole rings is 1. The van der Waals surface area contributed by atoms with Gasteiger partial charge in [0.05, 0.1) is 16.6 Å². The summed E-state index contributed by atoms with van der Waals surface area (Å²) in [7, 11) is 0. The molecule has 0 bridgehead atoms. The fourth-order valence-electron chi connectivity index (χ4n) is 2.34. The lowest BCUT2D eigenvalue weighted by atomic mass is 10.2. The molecule has 2 aromatic heterocycles. The summed E-state index contributed by atoms with van der Waals surface area (Å²) in [6.45, 7) is 2.42. The SMILES string of the molecule is CCn1c(-c2ccncc2)nc2ccc(C(F)(F)F)cc21. The van der Waals surface area contributed by atoms with Gasteiger partial charge in [-0.15, -0.1) is 0 Å². The van der Waals surface area contributed by atoms with Crippen molar-refractivity contribution in [3.8, 4) is 11.4 Å². The van der Waals surface area contributed by atoms with Crippen LogP contribution in [-0.4, -0.2) is 14.5 Å². The number of rotatable bonds is 2. The van der Waals surface area contributed by atoms with Gasteiger partial charge < -0.3 is 4.57 Å². The molecule has 3 nitrogen and oxygen atoms in total. The Hall–Kier alpha value is -2.37. The lowest BCUT2D eigenvalue weighted by Crippen LogP contribution is -2.05. The fourth-order valence-corrected chi connectivity index (χ4v) is 2.34. The zero-order valence-electron chi connectivity index (χ0n) is 11.2. The highest BCUT2D eigenvalue weighted by Gasteiger charge is 2.31. The van der Waals surface area contributed by atoms with E-state index in [0.29, 0.717) is 23.4 Å². The van der Waals surface area contributed by atoms with Gasteiger partial charge in [0.1, 0.15) is 5.82 Å². The minimum Gasteiger partial charge on any atom is -0.324 e. The van der Waals surface area contributed by atoms with E-state index in [2.05, 4.69) is 9.97 Å².